The molecule has 5 unspecified atom stereocenters. The zero-order chi connectivity index (χ0) is 54.5. The van der Waals surface area contributed by atoms with Crippen LogP contribution in [0.3, 0.4) is 0 Å². The van der Waals surface area contributed by atoms with E-state index in [1.54, 1.807) is 53.6 Å². The Labute approximate surface area is 459 Å². The Morgan fingerprint density at radius 3 is 1.72 bits per heavy atom. The van der Waals surface area contributed by atoms with Gasteiger partial charge in [0.1, 0.15) is 81.6 Å². The van der Waals surface area contributed by atoms with E-state index in [2.05, 4.69) is 51.8 Å². The number of thiazole rings is 6. The molecule has 27 heteroatoms. The number of aromatic nitrogens is 7. The number of carbonyl (C=O) groups excluding carboxylic acids is 6. The molecule has 7 aromatic heterocycles. The van der Waals surface area contributed by atoms with Crippen LogP contribution in [0.1, 0.15) is 124 Å². The van der Waals surface area contributed by atoms with Crippen molar-refractivity contribution in [2.24, 2.45) is 11.8 Å². The molecular formula is C49H51N13O8S6. The Bertz CT molecular complexity index is 3380. The van der Waals surface area contributed by atoms with Gasteiger partial charge in [0.05, 0.1) is 35.7 Å². The number of allylic oxidation sites excluding steroid dienone is 2. The number of aliphatic hydroxyl groups excluding tert-OH is 2. The Morgan fingerprint density at radius 2 is 1.12 bits per heavy atom. The molecule has 5 atom stereocenters. The summed E-state index contributed by atoms with van der Waals surface area (Å²) >= 11 is 7.31. The molecule has 0 fully saturated rings. The summed E-state index contributed by atoms with van der Waals surface area (Å²) in [5.41, 5.74) is 2.81. The van der Waals surface area contributed by atoms with Gasteiger partial charge in [-0.15, -0.1) is 68.0 Å². The van der Waals surface area contributed by atoms with Gasteiger partial charge in [0, 0.05) is 44.4 Å². The van der Waals surface area contributed by atoms with Gasteiger partial charge in [-0.2, -0.15) is 0 Å². The summed E-state index contributed by atoms with van der Waals surface area (Å²) in [6.07, 6.45) is 0.927. The summed E-state index contributed by atoms with van der Waals surface area (Å²) in [5, 5.41) is 49.6. The Hall–Kier alpha value is -6.85. The van der Waals surface area contributed by atoms with Crippen LogP contribution in [0.5, 0.6) is 0 Å². The van der Waals surface area contributed by atoms with Crippen LogP contribution >= 0.6 is 68.0 Å². The van der Waals surface area contributed by atoms with Crippen LogP contribution in [0.2, 0.25) is 0 Å². The number of amides is 6. The lowest BCUT2D eigenvalue weighted by atomic mass is 10.0. The van der Waals surface area contributed by atoms with Crippen molar-refractivity contribution in [3.05, 3.63) is 100 Å². The third kappa shape index (κ3) is 12.5. The number of nitrogens with zero attached hydrogens (tertiary/aromatic N) is 7. The van der Waals surface area contributed by atoms with Gasteiger partial charge in [0.15, 0.2) is 0 Å². The van der Waals surface area contributed by atoms with E-state index < -0.39 is 65.8 Å². The molecule has 6 amide bonds. The van der Waals surface area contributed by atoms with E-state index >= 15 is 0 Å². The van der Waals surface area contributed by atoms with Crippen molar-refractivity contribution in [2.75, 3.05) is 6.54 Å². The van der Waals surface area contributed by atoms with E-state index in [1.807, 2.05) is 33.1 Å². The van der Waals surface area contributed by atoms with Gasteiger partial charge in [-0.3, -0.25) is 28.8 Å². The number of fused-ring (bicyclic) bond motifs is 11. The van der Waals surface area contributed by atoms with Crippen molar-refractivity contribution >= 4 is 109 Å². The lowest BCUT2D eigenvalue weighted by Gasteiger charge is -2.21. The monoisotopic (exact) mass is 1140 g/mol. The highest BCUT2D eigenvalue weighted by Gasteiger charge is 2.32. The van der Waals surface area contributed by atoms with E-state index in [0.29, 0.717) is 58.4 Å². The normalized spacial score (nSPS) is 18.1. The molecule has 76 heavy (non-hydrogen) atoms. The predicted octanol–water partition coefficient (Wildman–Crippen LogP) is 6.84. The van der Waals surface area contributed by atoms with Gasteiger partial charge in [0.25, 0.3) is 29.5 Å². The molecule has 0 saturated carbocycles. The van der Waals surface area contributed by atoms with E-state index in [0.717, 1.165) is 22.7 Å². The number of nitrogens with one attached hydrogen (secondary N) is 6. The van der Waals surface area contributed by atoms with Crippen LogP contribution in [-0.2, 0) is 9.59 Å². The Balaban J connectivity index is 1.15. The first-order valence-electron chi connectivity index (χ1n) is 23.6. The van der Waals surface area contributed by atoms with Gasteiger partial charge in [0.2, 0.25) is 5.91 Å². The second-order valence-corrected chi connectivity index (χ2v) is 23.1. The smallest absolute Gasteiger partial charge is 0.275 e. The lowest BCUT2D eigenvalue weighted by Crippen LogP contribution is -2.52. The average molecular weight is 1140 g/mol. The number of hydrogen-bond donors (Lipinski definition) is 8. The highest BCUT2D eigenvalue weighted by atomic mass is 32.1. The summed E-state index contributed by atoms with van der Waals surface area (Å²) in [6, 6.07) is 0.970. The van der Waals surface area contributed by atoms with Gasteiger partial charge < -0.3 is 42.1 Å². The molecule has 21 nitrogen and oxygen atoms in total. The van der Waals surface area contributed by atoms with Crippen LogP contribution in [0.25, 0.3) is 49.1 Å². The molecule has 0 aromatic carbocycles. The molecule has 8 heterocycles. The zero-order valence-corrected chi connectivity index (χ0v) is 46.8. The molecule has 0 saturated heterocycles. The van der Waals surface area contributed by atoms with E-state index in [9.17, 15) is 39.0 Å². The zero-order valence-electron chi connectivity index (χ0n) is 41.9. The molecule has 0 radical (unpaired) electrons. The number of hydrogen-bond acceptors (Lipinski definition) is 21. The minimum absolute atomic E-state index is 0.00293. The highest BCUT2D eigenvalue weighted by molar-refractivity contribution is 7.15. The first-order chi connectivity index (χ1) is 36.3. The van der Waals surface area contributed by atoms with Gasteiger partial charge in [-0.1, -0.05) is 39.8 Å². The predicted molar refractivity (Wildman–Crippen MR) is 294 cm³/mol. The molecule has 8 rings (SSSR count). The van der Waals surface area contributed by atoms with Crippen molar-refractivity contribution in [1.29, 1.82) is 0 Å². The molecule has 0 aliphatic carbocycles. The van der Waals surface area contributed by atoms with E-state index in [-0.39, 0.29) is 52.6 Å². The molecule has 396 valence electrons. The summed E-state index contributed by atoms with van der Waals surface area (Å²) in [4.78, 5) is 114. The third-order valence-corrected chi connectivity index (χ3v) is 16.7. The fraction of sp³-hybridized carbons (Fsp3) is 0.327. The molecule has 7 aromatic rings. The van der Waals surface area contributed by atoms with Crippen molar-refractivity contribution in [2.45, 2.75) is 85.7 Å². The van der Waals surface area contributed by atoms with Crippen LogP contribution in [0, 0.1) is 11.8 Å². The van der Waals surface area contributed by atoms with Crippen molar-refractivity contribution in [3.8, 4) is 43.4 Å². The number of aliphatic hydroxyl groups is 2. The second-order valence-electron chi connectivity index (χ2n) is 17.9. The van der Waals surface area contributed by atoms with Gasteiger partial charge in [-0.25, -0.2) is 34.9 Å². The molecule has 1 aliphatic heterocycles. The summed E-state index contributed by atoms with van der Waals surface area (Å²) in [7, 11) is 0. The Morgan fingerprint density at radius 1 is 0.605 bits per heavy atom. The summed E-state index contributed by atoms with van der Waals surface area (Å²) < 4.78 is 0. The molecular weight excluding hydrogens is 1090 g/mol. The number of pyridine rings is 1. The topological polar surface area (TPSA) is 305 Å². The minimum Gasteiger partial charge on any atom is -0.392 e. The standard InChI is InChI=1S/C49H51N13O8S6/c1-9-25(38(65)50-13-22(7)63)52-39(66)29-16-73-47(57-29)33-19-74-46(59-33)27-12-11-24-37(51-27)28-14-75-48(54-28)34(20(3)4)60-41(68)32-18-76-49(58-32)35(21(5)6)61-40(67)31-17-72-45(56-31)26(10-2)53-43(70)36(23(8)64)62-42(69)30-15-71-44(24)55-30/h9-12,14-23,34-36,63-64H,13H2,1-8H3,(H,50,65)(H,52,66)(H,53,70)(H,60,68)(H,61,67)(H,62,69). The largest absolute Gasteiger partial charge is 0.392 e. The SMILES string of the molecule is CC=C(NC(=O)c1csc(-c2csc(-c3ccc4c(n3)-c3csc(n3)C(C(C)C)NC(=O)c3csc(n3)C(C(C)C)NC(=O)c3csc(n3)C(=CC)NC(=O)C(C(C)O)NC(=O)c3csc-4n3)n2)n1)C(=O)NCC(C)O. The van der Waals surface area contributed by atoms with Crippen molar-refractivity contribution < 1.29 is 39.0 Å². The molecule has 1 aliphatic rings. The van der Waals surface area contributed by atoms with Gasteiger partial charge in [-0.05, 0) is 51.7 Å². The van der Waals surface area contributed by atoms with Crippen molar-refractivity contribution in [1.82, 2.24) is 66.8 Å². The maximum absolute atomic E-state index is 14.0. The maximum Gasteiger partial charge on any atom is 0.275 e. The first kappa shape index (κ1) is 55.4. The second kappa shape index (κ2) is 24.0. The highest BCUT2D eigenvalue weighted by Crippen LogP contribution is 2.39. The fourth-order valence-corrected chi connectivity index (χ4v) is 12.6. The number of rotatable bonds is 10. The fourth-order valence-electron chi connectivity index (χ4n) is 7.33. The maximum atomic E-state index is 14.0. The van der Waals surface area contributed by atoms with Crippen LogP contribution in [0.15, 0.2) is 62.3 Å². The minimum atomic E-state index is -1.43. The number of carbonyl (C=O) groups is 6. The third-order valence-electron chi connectivity index (χ3n) is 11.4. The quantitative estimate of drug-likeness (QED) is 0.0650. The lowest BCUT2D eigenvalue weighted by molar-refractivity contribution is -0.124. The molecule has 0 spiro atoms. The van der Waals surface area contributed by atoms with Crippen LogP contribution in [-0.4, -0.2) is 105 Å². The molecule has 8 N–H and O–H groups in total. The Kier molecular flexibility index (Phi) is 17.5. The van der Waals surface area contributed by atoms with Gasteiger partial charge >= 0.3 is 0 Å². The van der Waals surface area contributed by atoms with Crippen LogP contribution in [0.4, 0.5) is 0 Å². The average Bonchev–Trinajstić information content (AvgIpc) is 4.26. The van der Waals surface area contributed by atoms with Crippen molar-refractivity contribution in [3.63, 3.8) is 0 Å². The van der Waals surface area contributed by atoms with E-state index in [1.165, 1.54) is 70.7 Å². The van der Waals surface area contributed by atoms with Crippen LogP contribution < -0.4 is 31.9 Å². The summed E-state index contributed by atoms with van der Waals surface area (Å²) in [6.45, 7) is 13.9. The first-order valence-corrected chi connectivity index (χ1v) is 28.9. The summed E-state index contributed by atoms with van der Waals surface area (Å²) in [5.74, 6) is -3.83. The molecule has 8 bridgehead atoms. The van der Waals surface area contributed by atoms with E-state index in [4.69, 9.17) is 15.0 Å².